The van der Waals surface area contributed by atoms with E-state index in [0.717, 1.165) is 36.0 Å². The van der Waals surface area contributed by atoms with Crippen molar-refractivity contribution >= 4 is 16.3 Å². The third-order valence-electron chi connectivity index (χ3n) is 5.02. The van der Waals surface area contributed by atoms with Crippen molar-refractivity contribution in [3.8, 4) is 5.75 Å². The fraction of sp³-hybridized carbons (Fsp3) is 0.148. The molecular weight excluding hydrogens is 368 g/mol. The summed E-state index contributed by atoms with van der Waals surface area (Å²) in [4.78, 5) is 4.17. The van der Waals surface area contributed by atoms with Crippen LogP contribution in [0.2, 0.25) is 0 Å². The number of benzene rings is 3. The summed E-state index contributed by atoms with van der Waals surface area (Å²) in [5.74, 6) is 0.922. The summed E-state index contributed by atoms with van der Waals surface area (Å²) in [5, 5.41) is 5.73. The smallest absolute Gasteiger partial charge is 0.127 e. The normalized spacial score (nSPS) is 10.7. The van der Waals surface area contributed by atoms with Crippen LogP contribution < -0.4 is 10.1 Å². The fourth-order valence-corrected chi connectivity index (χ4v) is 3.51. The maximum atomic E-state index is 6.00. The van der Waals surface area contributed by atoms with E-state index < -0.39 is 0 Å². The Morgan fingerprint density at radius 3 is 2.30 bits per heavy atom. The lowest BCUT2D eigenvalue weighted by Gasteiger charge is -2.10. The predicted octanol–water partition coefficient (Wildman–Crippen LogP) is 5.73. The van der Waals surface area contributed by atoms with Gasteiger partial charge in [0.15, 0.2) is 0 Å². The van der Waals surface area contributed by atoms with Gasteiger partial charge in [0.05, 0.1) is 6.61 Å². The second-order valence-electron chi connectivity index (χ2n) is 7.11. The molecule has 30 heavy (non-hydrogen) atoms. The van der Waals surface area contributed by atoms with Crippen molar-refractivity contribution in [1.82, 2.24) is 10.3 Å². The maximum absolute atomic E-state index is 6.00. The zero-order chi connectivity index (χ0) is 20.4. The van der Waals surface area contributed by atoms with E-state index in [0.29, 0.717) is 6.61 Å². The molecule has 3 nitrogen and oxygen atoms in total. The highest BCUT2D eigenvalue weighted by atomic mass is 16.5. The third-order valence-corrected chi connectivity index (χ3v) is 5.02. The summed E-state index contributed by atoms with van der Waals surface area (Å²) in [6, 6.07) is 29.2. The molecule has 0 saturated heterocycles. The topological polar surface area (TPSA) is 34.1 Å². The van der Waals surface area contributed by atoms with Gasteiger partial charge >= 0.3 is 0 Å². The van der Waals surface area contributed by atoms with Crippen molar-refractivity contribution in [2.75, 3.05) is 19.7 Å². The molecular formula is C27H26N2O. The molecule has 0 radical (unpaired) electrons. The van der Waals surface area contributed by atoms with Gasteiger partial charge in [0.1, 0.15) is 5.75 Å². The molecule has 0 bridgehead atoms. The average molecular weight is 395 g/mol. The molecule has 1 N–H and O–H groups in total. The summed E-state index contributed by atoms with van der Waals surface area (Å²) in [7, 11) is 0. The van der Waals surface area contributed by atoms with Gasteiger partial charge in [-0.25, -0.2) is 0 Å². The highest BCUT2D eigenvalue weighted by Gasteiger charge is 2.04. The van der Waals surface area contributed by atoms with Crippen LogP contribution >= 0.6 is 0 Å². The molecule has 1 heterocycles. The average Bonchev–Trinajstić information content (AvgIpc) is 2.82. The van der Waals surface area contributed by atoms with Gasteiger partial charge in [-0.05, 0) is 41.8 Å². The monoisotopic (exact) mass is 394 g/mol. The van der Waals surface area contributed by atoms with E-state index in [-0.39, 0.29) is 0 Å². The number of nitrogens with zero attached hydrogens (tertiary/aromatic N) is 1. The van der Waals surface area contributed by atoms with Crippen molar-refractivity contribution in [3.05, 3.63) is 115 Å². The molecule has 0 saturated carbocycles. The molecule has 1 aromatic heterocycles. The highest BCUT2D eigenvalue weighted by molar-refractivity contribution is 5.87. The standard InChI is InChI=1S/C27H26N2O/c1-3-9-22(10-4-1)25(23-11-5-2-6-12-23)15-18-28-17-8-20-30-27-14-7-13-24-21-29-19-16-26(24)27/h1-7,9-16,19,21,28H,8,17-18,20H2. The summed E-state index contributed by atoms with van der Waals surface area (Å²) >= 11 is 0. The van der Waals surface area contributed by atoms with Gasteiger partial charge in [0.2, 0.25) is 0 Å². The second kappa shape index (κ2) is 10.4. The molecule has 0 spiro atoms. The number of rotatable bonds is 9. The van der Waals surface area contributed by atoms with Gasteiger partial charge in [-0.15, -0.1) is 0 Å². The second-order valence-corrected chi connectivity index (χ2v) is 7.11. The largest absolute Gasteiger partial charge is 0.493 e. The van der Waals surface area contributed by atoms with Crippen LogP contribution in [0.1, 0.15) is 17.5 Å². The molecule has 0 fully saturated rings. The van der Waals surface area contributed by atoms with Gasteiger partial charge in [-0.2, -0.15) is 0 Å². The molecule has 0 atom stereocenters. The summed E-state index contributed by atoms with van der Waals surface area (Å²) in [5.41, 5.74) is 3.72. The first kappa shape index (κ1) is 19.9. The number of pyridine rings is 1. The number of hydrogen-bond donors (Lipinski definition) is 1. The van der Waals surface area contributed by atoms with Crippen molar-refractivity contribution < 1.29 is 4.74 Å². The Bertz CT molecular complexity index is 1040. The minimum atomic E-state index is 0.683. The van der Waals surface area contributed by atoms with E-state index in [1.54, 1.807) is 6.20 Å². The SMILES string of the molecule is C(CNCCCOc1cccc2cnccc12)=C(c1ccccc1)c1ccccc1. The molecule has 0 aliphatic heterocycles. The number of aromatic nitrogens is 1. The molecule has 3 heteroatoms. The van der Waals surface area contributed by atoms with Crippen LogP contribution in [-0.4, -0.2) is 24.7 Å². The Morgan fingerprint density at radius 2 is 1.57 bits per heavy atom. The quantitative estimate of drug-likeness (QED) is 0.368. The van der Waals surface area contributed by atoms with E-state index in [9.17, 15) is 0 Å². The van der Waals surface area contributed by atoms with Crippen molar-refractivity contribution in [1.29, 1.82) is 0 Å². The van der Waals surface area contributed by atoms with Gasteiger partial charge < -0.3 is 10.1 Å². The molecule has 4 aromatic rings. The Labute approximate surface area is 178 Å². The zero-order valence-electron chi connectivity index (χ0n) is 17.0. The van der Waals surface area contributed by atoms with E-state index in [1.165, 1.54) is 16.7 Å². The van der Waals surface area contributed by atoms with Crippen LogP contribution in [0, 0.1) is 0 Å². The Hall–Kier alpha value is -3.43. The molecule has 0 aliphatic rings. The maximum Gasteiger partial charge on any atom is 0.127 e. The number of fused-ring (bicyclic) bond motifs is 1. The van der Waals surface area contributed by atoms with Gasteiger partial charge in [0, 0.05) is 29.7 Å². The summed E-state index contributed by atoms with van der Waals surface area (Å²) < 4.78 is 6.00. The lowest BCUT2D eigenvalue weighted by atomic mass is 9.98. The minimum Gasteiger partial charge on any atom is -0.493 e. The number of ether oxygens (including phenoxy) is 1. The third kappa shape index (κ3) is 5.13. The minimum absolute atomic E-state index is 0.683. The zero-order valence-corrected chi connectivity index (χ0v) is 17.0. The number of nitrogens with one attached hydrogen (secondary N) is 1. The molecule has 0 unspecified atom stereocenters. The van der Waals surface area contributed by atoms with Crippen LogP contribution in [-0.2, 0) is 0 Å². The lowest BCUT2D eigenvalue weighted by molar-refractivity contribution is 0.312. The molecule has 0 amide bonds. The van der Waals surface area contributed by atoms with Crippen molar-refractivity contribution in [3.63, 3.8) is 0 Å². The first-order chi connectivity index (χ1) is 14.9. The fourth-order valence-electron chi connectivity index (χ4n) is 3.51. The van der Waals surface area contributed by atoms with E-state index in [2.05, 4.69) is 83.1 Å². The summed E-state index contributed by atoms with van der Waals surface area (Å²) in [6.07, 6.45) is 6.89. The summed E-state index contributed by atoms with van der Waals surface area (Å²) in [6.45, 7) is 2.40. The lowest BCUT2D eigenvalue weighted by Crippen LogP contribution is -2.17. The molecule has 4 rings (SSSR count). The van der Waals surface area contributed by atoms with Crippen molar-refractivity contribution in [2.45, 2.75) is 6.42 Å². The van der Waals surface area contributed by atoms with Crippen LogP contribution in [0.3, 0.4) is 0 Å². The van der Waals surface area contributed by atoms with Crippen molar-refractivity contribution in [2.24, 2.45) is 0 Å². The van der Waals surface area contributed by atoms with E-state index in [1.807, 2.05) is 24.4 Å². The van der Waals surface area contributed by atoms with E-state index >= 15 is 0 Å². The highest BCUT2D eigenvalue weighted by Crippen LogP contribution is 2.24. The van der Waals surface area contributed by atoms with E-state index in [4.69, 9.17) is 4.74 Å². The first-order valence-electron chi connectivity index (χ1n) is 10.4. The van der Waals surface area contributed by atoms with Gasteiger partial charge in [-0.1, -0.05) is 78.9 Å². The Kier molecular flexibility index (Phi) is 6.87. The van der Waals surface area contributed by atoms with Crippen LogP contribution in [0.25, 0.3) is 16.3 Å². The predicted molar refractivity (Wildman–Crippen MR) is 125 cm³/mol. The first-order valence-corrected chi connectivity index (χ1v) is 10.4. The molecule has 0 aliphatic carbocycles. The number of hydrogen-bond acceptors (Lipinski definition) is 3. The van der Waals surface area contributed by atoms with Gasteiger partial charge in [0.25, 0.3) is 0 Å². The van der Waals surface area contributed by atoms with Crippen LogP contribution in [0.5, 0.6) is 5.75 Å². The molecule has 3 aromatic carbocycles. The van der Waals surface area contributed by atoms with Crippen LogP contribution in [0.4, 0.5) is 0 Å². The van der Waals surface area contributed by atoms with Crippen LogP contribution in [0.15, 0.2) is 103 Å². The molecule has 150 valence electrons. The Morgan fingerprint density at radius 1 is 0.833 bits per heavy atom. The van der Waals surface area contributed by atoms with Gasteiger partial charge in [-0.3, -0.25) is 4.98 Å². The Balaban J connectivity index is 1.29.